The van der Waals surface area contributed by atoms with Crippen LogP contribution in [0.1, 0.15) is 25.6 Å². The summed E-state index contributed by atoms with van der Waals surface area (Å²) in [5.74, 6) is -0.486. The second-order valence-electron chi connectivity index (χ2n) is 6.83. The van der Waals surface area contributed by atoms with Gasteiger partial charge >= 0.3 is 0 Å². The number of nitrogens with zero attached hydrogens (tertiary/aromatic N) is 1. The molecule has 0 aliphatic heterocycles. The van der Waals surface area contributed by atoms with Gasteiger partial charge in [-0.3, -0.25) is 14.4 Å². The molecule has 2 aromatic carbocycles. The molecule has 7 heteroatoms. The van der Waals surface area contributed by atoms with Crippen molar-refractivity contribution in [2.75, 3.05) is 10.6 Å². The SMILES string of the molecule is O=C(Nc1ccc(Cn2ccccc2=O)cc1)c1cccc(NC(=O)c2cccs2)c1. The minimum atomic E-state index is -0.278. The quantitative estimate of drug-likeness (QED) is 0.475. The molecule has 6 nitrogen and oxygen atoms in total. The number of anilines is 2. The van der Waals surface area contributed by atoms with E-state index < -0.39 is 0 Å². The molecule has 0 spiro atoms. The number of pyridine rings is 1. The normalized spacial score (nSPS) is 10.5. The summed E-state index contributed by atoms with van der Waals surface area (Å²) in [6.45, 7) is 0.458. The van der Waals surface area contributed by atoms with Crippen molar-refractivity contribution in [2.24, 2.45) is 0 Å². The molecule has 4 aromatic rings. The zero-order chi connectivity index (χ0) is 21.6. The monoisotopic (exact) mass is 429 g/mol. The van der Waals surface area contributed by atoms with Gasteiger partial charge in [0.15, 0.2) is 0 Å². The minimum absolute atomic E-state index is 0.0640. The number of carbonyl (C=O) groups excluding carboxylic acids is 2. The van der Waals surface area contributed by atoms with E-state index in [-0.39, 0.29) is 17.4 Å². The van der Waals surface area contributed by atoms with Gasteiger partial charge in [0.1, 0.15) is 0 Å². The molecular formula is C24H19N3O3S. The first kappa shape index (κ1) is 20.3. The standard InChI is InChI=1S/C24H19N3O3S/c28-22-8-1-2-13-27(22)16-17-9-11-19(12-10-17)25-23(29)18-5-3-6-20(15-18)26-24(30)21-7-4-14-31-21/h1-15H,16H2,(H,25,29)(H,26,30). The lowest BCUT2D eigenvalue weighted by molar-refractivity contribution is 0.101. The van der Waals surface area contributed by atoms with Gasteiger partial charge in [-0.05, 0) is 53.4 Å². The second kappa shape index (κ2) is 9.23. The number of benzene rings is 2. The molecule has 0 bridgehead atoms. The van der Waals surface area contributed by atoms with Gasteiger partial charge in [-0.25, -0.2) is 0 Å². The highest BCUT2D eigenvalue weighted by atomic mass is 32.1. The van der Waals surface area contributed by atoms with Crippen molar-refractivity contribution < 1.29 is 9.59 Å². The van der Waals surface area contributed by atoms with Crippen LogP contribution in [0.2, 0.25) is 0 Å². The molecule has 0 unspecified atom stereocenters. The van der Waals surface area contributed by atoms with Crippen molar-refractivity contribution >= 4 is 34.5 Å². The fourth-order valence-electron chi connectivity index (χ4n) is 3.02. The summed E-state index contributed by atoms with van der Waals surface area (Å²) in [6, 6.07) is 22.7. The predicted octanol–water partition coefficient (Wildman–Crippen LogP) is 4.46. The van der Waals surface area contributed by atoms with Crippen molar-refractivity contribution in [1.29, 1.82) is 0 Å². The van der Waals surface area contributed by atoms with Gasteiger partial charge in [-0.1, -0.05) is 30.3 Å². The Morgan fingerprint density at radius 3 is 2.35 bits per heavy atom. The largest absolute Gasteiger partial charge is 0.322 e. The van der Waals surface area contributed by atoms with Gasteiger partial charge in [0.2, 0.25) is 0 Å². The van der Waals surface area contributed by atoms with E-state index in [1.807, 2.05) is 29.6 Å². The third kappa shape index (κ3) is 5.15. The lowest BCUT2D eigenvalue weighted by atomic mass is 10.1. The number of thiophene rings is 1. The predicted molar refractivity (Wildman–Crippen MR) is 123 cm³/mol. The zero-order valence-corrected chi connectivity index (χ0v) is 17.3. The third-order valence-electron chi connectivity index (χ3n) is 4.59. The van der Waals surface area contributed by atoms with Crippen molar-refractivity contribution in [1.82, 2.24) is 4.57 Å². The van der Waals surface area contributed by atoms with Crippen LogP contribution in [0.15, 0.2) is 95.2 Å². The van der Waals surface area contributed by atoms with E-state index in [0.29, 0.717) is 28.4 Å². The maximum atomic E-state index is 12.6. The van der Waals surface area contributed by atoms with E-state index in [0.717, 1.165) is 5.56 Å². The van der Waals surface area contributed by atoms with Gasteiger partial charge in [0, 0.05) is 29.2 Å². The van der Waals surface area contributed by atoms with E-state index in [4.69, 9.17) is 0 Å². The minimum Gasteiger partial charge on any atom is -0.322 e. The molecule has 2 aromatic heterocycles. The Labute approximate surface area is 182 Å². The van der Waals surface area contributed by atoms with E-state index in [2.05, 4.69) is 10.6 Å². The summed E-state index contributed by atoms with van der Waals surface area (Å²) in [5.41, 5.74) is 2.51. The first-order valence-corrected chi connectivity index (χ1v) is 10.5. The smallest absolute Gasteiger partial charge is 0.265 e. The van der Waals surface area contributed by atoms with Crippen LogP contribution in [0.4, 0.5) is 11.4 Å². The van der Waals surface area contributed by atoms with Crippen LogP contribution in [0.5, 0.6) is 0 Å². The van der Waals surface area contributed by atoms with Crippen LogP contribution in [-0.4, -0.2) is 16.4 Å². The van der Waals surface area contributed by atoms with Gasteiger partial charge in [-0.2, -0.15) is 0 Å². The summed E-state index contributed by atoms with van der Waals surface area (Å²) in [6.07, 6.45) is 1.74. The summed E-state index contributed by atoms with van der Waals surface area (Å²) in [5, 5.41) is 7.49. The molecule has 0 atom stereocenters. The van der Waals surface area contributed by atoms with Gasteiger partial charge < -0.3 is 15.2 Å². The summed E-state index contributed by atoms with van der Waals surface area (Å²) < 4.78 is 1.61. The highest BCUT2D eigenvalue weighted by molar-refractivity contribution is 7.12. The molecule has 0 aliphatic carbocycles. The number of aromatic nitrogens is 1. The van der Waals surface area contributed by atoms with E-state index >= 15 is 0 Å². The van der Waals surface area contributed by atoms with Crippen LogP contribution in [0.3, 0.4) is 0 Å². The van der Waals surface area contributed by atoms with E-state index in [1.165, 1.54) is 17.4 Å². The van der Waals surface area contributed by atoms with Gasteiger partial charge in [0.05, 0.1) is 11.4 Å². The molecule has 2 amide bonds. The summed E-state index contributed by atoms with van der Waals surface area (Å²) in [7, 11) is 0. The Morgan fingerprint density at radius 1 is 0.806 bits per heavy atom. The molecule has 154 valence electrons. The van der Waals surface area contributed by atoms with Crippen LogP contribution < -0.4 is 16.2 Å². The van der Waals surface area contributed by atoms with Gasteiger partial charge in [-0.15, -0.1) is 11.3 Å². The Kier molecular flexibility index (Phi) is 6.05. The first-order chi connectivity index (χ1) is 15.1. The molecule has 0 aliphatic rings. The number of rotatable bonds is 6. The van der Waals surface area contributed by atoms with E-state index in [9.17, 15) is 14.4 Å². The number of carbonyl (C=O) groups is 2. The number of hydrogen-bond donors (Lipinski definition) is 2. The molecule has 2 heterocycles. The molecule has 2 N–H and O–H groups in total. The Balaban J connectivity index is 1.40. The Bertz CT molecular complexity index is 1260. The van der Waals surface area contributed by atoms with Crippen LogP contribution in [0.25, 0.3) is 0 Å². The fraction of sp³-hybridized carbons (Fsp3) is 0.0417. The Morgan fingerprint density at radius 2 is 1.61 bits per heavy atom. The van der Waals surface area contributed by atoms with Crippen LogP contribution in [0, 0.1) is 0 Å². The number of nitrogens with one attached hydrogen (secondary N) is 2. The lowest BCUT2D eigenvalue weighted by Crippen LogP contribution is -2.18. The summed E-state index contributed by atoms with van der Waals surface area (Å²) >= 11 is 1.35. The highest BCUT2D eigenvalue weighted by Crippen LogP contribution is 2.17. The number of amides is 2. The van der Waals surface area contributed by atoms with Crippen molar-refractivity contribution in [3.8, 4) is 0 Å². The Hall–Kier alpha value is -3.97. The van der Waals surface area contributed by atoms with Crippen molar-refractivity contribution in [3.05, 3.63) is 117 Å². The molecule has 0 saturated heterocycles. The van der Waals surface area contributed by atoms with Crippen LogP contribution in [-0.2, 0) is 6.54 Å². The molecule has 4 rings (SSSR count). The maximum absolute atomic E-state index is 12.6. The van der Waals surface area contributed by atoms with Crippen molar-refractivity contribution in [3.63, 3.8) is 0 Å². The molecular weight excluding hydrogens is 410 g/mol. The summed E-state index contributed by atoms with van der Waals surface area (Å²) in [4.78, 5) is 37.3. The molecule has 0 radical (unpaired) electrons. The zero-order valence-electron chi connectivity index (χ0n) is 16.4. The fourth-order valence-corrected chi connectivity index (χ4v) is 3.64. The lowest BCUT2D eigenvalue weighted by Gasteiger charge is -2.09. The average molecular weight is 430 g/mol. The second-order valence-corrected chi connectivity index (χ2v) is 7.78. The average Bonchev–Trinajstić information content (AvgIpc) is 3.32. The molecule has 0 saturated carbocycles. The molecule has 0 fully saturated rings. The van der Waals surface area contributed by atoms with E-state index in [1.54, 1.807) is 59.3 Å². The topological polar surface area (TPSA) is 80.2 Å². The third-order valence-corrected chi connectivity index (χ3v) is 5.46. The van der Waals surface area contributed by atoms with Crippen LogP contribution >= 0.6 is 11.3 Å². The van der Waals surface area contributed by atoms with Gasteiger partial charge in [0.25, 0.3) is 17.4 Å². The number of hydrogen-bond acceptors (Lipinski definition) is 4. The first-order valence-electron chi connectivity index (χ1n) is 9.59. The highest BCUT2D eigenvalue weighted by Gasteiger charge is 2.10. The molecule has 31 heavy (non-hydrogen) atoms. The maximum Gasteiger partial charge on any atom is 0.265 e. The van der Waals surface area contributed by atoms with Crippen molar-refractivity contribution in [2.45, 2.75) is 6.54 Å².